The van der Waals surface area contributed by atoms with Gasteiger partial charge in [-0.25, -0.2) is 4.79 Å². The molecule has 0 aliphatic carbocycles. The van der Waals surface area contributed by atoms with Crippen LogP contribution in [0.2, 0.25) is 0 Å². The second kappa shape index (κ2) is 13.9. The van der Waals surface area contributed by atoms with Crippen LogP contribution in [0.15, 0.2) is 60.7 Å². The zero-order valence-corrected chi connectivity index (χ0v) is 24.0. The Bertz CT molecular complexity index is 1390. The molecule has 0 saturated carbocycles. The number of rotatable bonds is 12. The molecule has 2 fully saturated rings. The summed E-state index contributed by atoms with van der Waals surface area (Å²) in [5.74, 6) is -1.15. The number of benzene rings is 3. The molecule has 0 amide bonds. The molecular weight excluding hydrogens is 538 g/mol. The van der Waals surface area contributed by atoms with Crippen LogP contribution in [0.25, 0.3) is 0 Å². The average Bonchev–Trinajstić information content (AvgIpc) is 3.75. The first-order chi connectivity index (χ1) is 20.5. The molecule has 5 rings (SSSR count). The van der Waals surface area contributed by atoms with Gasteiger partial charge in [-0.3, -0.25) is 4.79 Å². The summed E-state index contributed by atoms with van der Waals surface area (Å²) in [6.45, 7) is 7.92. The minimum Gasteiger partial charge on any atom is -0.507 e. The topological polar surface area (TPSA) is 104 Å². The van der Waals surface area contributed by atoms with E-state index in [1.54, 1.807) is 42.5 Å². The Morgan fingerprint density at radius 2 is 1.45 bits per heavy atom. The first-order valence-corrected chi connectivity index (χ1v) is 14.5. The zero-order chi connectivity index (χ0) is 29.5. The zero-order valence-electron chi connectivity index (χ0n) is 24.0. The molecule has 222 valence electrons. The van der Waals surface area contributed by atoms with Crippen molar-refractivity contribution < 1.29 is 38.4 Å². The van der Waals surface area contributed by atoms with E-state index in [0.29, 0.717) is 39.3 Å². The molecular formula is C33H37NO8. The van der Waals surface area contributed by atoms with Crippen LogP contribution in [0.3, 0.4) is 0 Å². The Morgan fingerprint density at radius 1 is 0.810 bits per heavy atom. The molecule has 2 saturated heterocycles. The number of ether oxygens (including phenoxy) is 5. The van der Waals surface area contributed by atoms with Crippen molar-refractivity contribution >= 4 is 17.4 Å². The second-order valence-electron chi connectivity index (χ2n) is 10.1. The predicted octanol–water partition coefficient (Wildman–Crippen LogP) is 5.35. The number of hydrogen-bond donors (Lipinski definition) is 1. The van der Waals surface area contributed by atoms with Crippen molar-refractivity contribution in [3.05, 3.63) is 94.0 Å². The fourth-order valence-corrected chi connectivity index (χ4v) is 5.30. The van der Waals surface area contributed by atoms with Gasteiger partial charge < -0.3 is 33.7 Å². The number of nitrogens with zero attached hydrogens (tertiary/aromatic N) is 1. The SMILES string of the molecule is CCN(CC)c1ccc(C(=O)c2ccccc2C(=O)OCCCc2ccc(C3OCCO3)c(C3OCCO3)c2)c(O)c1. The summed E-state index contributed by atoms with van der Waals surface area (Å²) in [7, 11) is 0. The highest BCUT2D eigenvalue weighted by molar-refractivity contribution is 6.15. The number of anilines is 1. The van der Waals surface area contributed by atoms with E-state index in [9.17, 15) is 14.7 Å². The number of esters is 1. The number of phenols is 1. The molecule has 9 nitrogen and oxygen atoms in total. The summed E-state index contributed by atoms with van der Waals surface area (Å²) < 4.78 is 28.5. The van der Waals surface area contributed by atoms with Gasteiger partial charge >= 0.3 is 5.97 Å². The minimum absolute atomic E-state index is 0.127. The van der Waals surface area contributed by atoms with E-state index in [1.807, 2.05) is 32.0 Å². The van der Waals surface area contributed by atoms with Crippen LogP contribution < -0.4 is 4.90 Å². The third kappa shape index (κ3) is 6.65. The molecule has 0 bridgehead atoms. The second-order valence-corrected chi connectivity index (χ2v) is 10.1. The highest BCUT2D eigenvalue weighted by atomic mass is 16.7. The molecule has 0 radical (unpaired) electrons. The molecule has 9 heteroatoms. The van der Waals surface area contributed by atoms with E-state index in [0.717, 1.165) is 35.5 Å². The average molecular weight is 576 g/mol. The molecule has 2 aliphatic rings. The third-order valence-corrected chi connectivity index (χ3v) is 7.49. The molecule has 3 aromatic carbocycles. The van der Waals surface area contributed by atoms with Gasteiger partial charge in [-0.15, -0.1) is 0 Å². The summed E-state index contributed by atoms with van der Waals surface area (Å²) in [5, 5.41) is 10.6. The van der Waals surface area contributed by atoms with Crippen LogP contribution in [0.1, 0.15) is 75.8 Å². The molecule has 3 aromatic rings. The summed E-state index contributed by atoms with van der Waals surface area (Å²) in [4.78, 5) is 28.5. The maximum absolute atomic E-state index is 13.4. The summed E-state index contributed by atoms with van der Waals surface area (Å²) >= 11 is 0. The number of aromatic hydroxyl groups is 1. The van der Waals surface area contributed by atoms with Crippen molar-refractivity contribution in [1.82, 2.24) is 0 Å². The van der Waals surface area contributed by atoms with Crippen molar-refractivity contribution in [1.29, 1.82) is 0 Å². The lowest BCUT2D eigenvalue weighted by molar-refractivity contribution is -0.0637. The van der Waals surface area contributed by atoms with Crippen LogP contribution in [0, 0.1) is 0 Å². The lowest BCUT2D eigenvalue weighted by Crippen LogP contribution is -2.21. The first kappa shape index (κ1) is 29.7. The predicted molar refractivity (Wildman–Crippen MR) is 156 cm³/mol. The van der Waals surface area contributed by atoms with Crippen LogP contribution >= 0.6 is 0 Å². The van der Waals surface area contributed by atoms with Gasteiger partial charge in [-0.2, -0.15) is 0 Å². The van der Waals surface area contributed by atoms with Gasteiger partial charge in [0, 0.05) is 41.5 Å². The summed E-state index contributed by atoms with van der Waals surface area (Å²) in [5.41, 5.74) is 4.12. The van der Waals surface area contributed by atoms with Crippen LogP contribution in [-0.4, -0.2) is 63.0 Å². The Labute approximate surface area is 245 Å². The molecule has 0 spiro atoms. The largest absolute Gasteiger partial charge is 0.507 e. The Morgan fingerprint density at radius 3 is 2.10 bits per heavy atom. The molecule has 42 heavy (non-hydrogen) atoms. The Kier molecular flexibility index (Phi) is 9.86. The Balaban J connectivity index is 1.22. The molecule has 0 aromatic heterocycles. The lowest BCUT2D eigenvalue weighted by Gasteiger charge is -2.21. The molecule has 0 unspecified atom stereocenters. The van der Waals surface area contributed by atoms with E-state index < -0.39 is 24.3 Å². The van der Waals surface area contributed by atoms with Crippen LogP contribution in [0.5, 0.6) is 5.75 Å². The van der Waals surface area contributed by atoms with Crippen molar-refractivity contribution in [2.24, 2.45) is 0 Å². The maximum atomic E-state index is 13.4. The molecule has 0 atom stereocenters. The van der Waals surface area contributed by atoms with Gasteiger partial charge in [0.25, 0.3) is 0 Å². The van der Waals surface area contributed by atoms with E-state index in [2.05, 4.69) is 4.90 Å². The quantitative estimate of drug-likeness (QED) is 0.174. The number of ketones is 1. The van der Waals surface area contributed by atoms with E-state index in [-0.39, 0.29) is 29.0 Å². The van der Waals surface area contributed by atoms with Gasteiger partial charge in [0.05, 0.1) is 44.2 Å². The molecule has 2 aliphatic heterocycles. The van der Waals surface area contributed by atoms with E-state index in [4.69, 9.17) is 23.7 Å². The van der Waals surface area contributed by atoms with Gasteiger partial charge in [-0.1, -0.05) is 36.4 Å². The number of carbonyl (C=O) groups is 2. The van der Waals surface area contributed by atoms with Crippen LogP contribution in [-0.2, 0) is 30.1 Å². The van der Waals surface area contributed by atoms with Gasteiger partial charge in [0.15, 0.2) is 18.4 Å². The molecule has 2 heterocycles. The molecule has 1 N–H and O–H groups in total. The summed E-state index contributed by atoms with van der Waals surface area (Å²) in [6.07, 6.45) is 0.338. The van der Waals surface area contributed by atoms with Crippen molar-refractivity contribution in [3.8, 4) is 5.75 Å². The number of carbonyl (C=O) groups excluding carboxylic acids is 2. The van der Waals surface area contributed by atoms with Gasteiger partial charge in [0.2, 0.25) is 0 Å². The maximum Gasteiger partial charge on any atom is 0.338 e. The van der Waals surface area contributed by atoms with Crippen LogP contribution in [0.4, 0.5) is 5.69 Å². The highest BCUT2D eigenvalue weighted by Crippen LogP contribution is 2.34. The number of aryl methyl sites for hydroxylation is 1. The first-order valence-electron chi connectivity index (χ1n) is 14.5. The number of hydrogen-bond acceptors (Lipinski definition) is 9. The van der Waals surface area contributed by atoms with E-state index >= 15 is 0 Å². The van der Waals surface area contributed by atoms with Gasteiger partial charge in [0.1, 0.15) is 5.75 Å². The minimum atomic E-state index is -0.586. The smallest absolute Gasteiger partial charge is 0.338 e. The number of phenolic OH excluding ortho intramolecular Hbond substituents is 1. The standard InChI is InChI=1S/C33H37NO8/c1-3-34(4-2)23-12-14-27(29(35)21-23)30(36)24-9-5-6-10-25(24)31(37)38-15-7-8-22-11-13-26(32-39-16-17-40-32)28(20-22)33-41-18-19-42-33/h5-6,9-14,20-21,32-33,35H,3-4,7-8,15-19H2,1-2H3. The van der Waals surface area contributed by atoms with E-state index in [1.165, 1.54) is 0 Å². The normalized spacial score (nSPS) is 15.7. The highest BCUT2D eigenvalue weighted by Gasteiger charge is 2.28. The fourth-order valence-electron chi connectivity index (χ4n) is 5.30. The van der Waals surface area contributed by atoms with Crippen molar-refractivity contribution in [2.45, 2.75) is 39.3 Å². The van der Waals surface area contributed by atoms with Crippen molar-refractivity contribution in [3.63, 3.8) is 0 Å². The fraction of sp³-hybridized carbons (Fsp3) is 0.394. The lowest BCUT2D eigenvalue weighted by atomic mass is 9.97. The van der Waals surface area contributed by atoms with Gasteiger partial charge in [-0.05, 0) is 50.5 Å². The monoisotopic (exact) mass is 575 g/mol. The third-order valence-electron chi connectivity index (χ3n) is 7.49. The Hall–Kier alpha value is -3.76. The summed E-state index contributed by atoms with van der Waals surface area (Å²) in [6, 6.07) is 17.5. The van der Waals surface area contributed by atoms with Crippen molar-refractivity contribution in [2.75, 3.05) is 51.0 Å².